The zero-order chi connectivity index (χ0) is 14.5. The molecule has 0 fully saturated rings. The van der Waals surface area contributed by atoms with Gasteiger partial charge in [-0.25, -0.2) is 4.39 Å². The van der Waals surface area contributed by atoms with Crippen LogP contribution in [0.5, 0.6) is 0 Å². The van der Waals surface area contributed by atoms with Gasteiger partial charge in [-0.3, -0.25) is 4.90 Å². The van der Waals surface area contributed by atoms with Crippen LogP contribution in [0.4, 0.5) is 4.39 Å². The van der Waals surface area contributed by atoms with Gasteiger partial charge < -0.3 is 0 Å². The lowest BCUT2D eigenvalue weighted by molar-refractivity contribution is 0.318. The second kappa shape index (κ2) is 6.51. The standard InChI is InChI=1S/C16H14ClFN2/c1-20(10-13-4-2-3-12(7-13)9-19)11-14-5-6-15(17)16(18)8-14/h2-8H,10-11H2,1H3. The van der Waals surface area contributed by atoms with Crippen LogP contribution in [0.15, 0.2) is 42.5 Å². The number of nitrogens with zero attached hydrogens (tertiary/aromatic N) is 2. The van der Waals surface area contributed by atoms with Gasteiger partial charge >= 0.3 is 0 Å². The molecule has 0 bridgehead atoms. The van der Waals surface area contributed by atoms with E-state index in [2.05, 4.69) is 11.0 Å². The first-order valence-corrected chi connectivity index (χ1v) is 6.58. The summed E-state index contributed by atoms with van der Waals surface area (Å²) >= 11 is 5.66. The Morgan fingerprint density at radius 3 is 2.50 bits per heavy atom. The monoisotopic (exact) mass is 288 g/mol. The van der Waals surface area contributed by atoms with Gasteiger partial charge in [0.1, 0.15) is 5.82 Å². The van der Waals surface area contributed by atoms with Gasteiger partial charge in [0, 0.05) is 13.1 Å². The minimum absolute atomic E-state index is 0.137. The number of nitriles is 1. The van der Waals surface area contributed by atoms with Crippen molar-refractivity contribution in [3.8, 4) is 6.07 Å². The Hall–Kier alpha value is -1.89. The maximum atomic E-state index is 13.4. The van der Waals surface area contributed by atoms with E-state index in [1.165, 1.54) is 6.07 Å². The van der Waals surface area contributed by atoms with Crippen molar-refractivity contribution in [1.82, 2.24) is 4.90 Å². The Bertz CT molecular complexity index is 649. The van der Waals surface area contributed by atoms with Crippen LogP contribution in [0.1, 0.15) is 16.7 Å². The molecule has 0 aromatic heterocycles. The van der Waals surface area contributed by atoms with Crippen LogP contribution in [0.3, 0.4) is 0 Å². The molecule has 4 heteroatoms. The van der Waals surface area contributed by atoms with Gasteiger partial charge in [-0.2, -0.15) is 5.26 Å². The topological polar surface area (TPSA) is 27.0 Å². The van der Waals surface area contributed by atoms with E-state index in [1.807, 2.05) is 31.3 Å². The van der Waals surface area contributed by atoms with Crippen molar-refractivity contribution in [3.63, 3.8) is 0 Å². The fraction of sp³-hybridized carbons (Fsp3) is 0.188. The molecule has 0 aliphatic heterocycles. The molecule has 2 rings (SSSR count). The molecule has 102 valence electrons. The average Bonchev–Trinajstić information content (AvgIpc) is 2.43. The fourth-order valence-corrected chi connectivity index (χ4v) is 2.17. The van der Waals surface area contributed by atoms with E-state index < -0.39 is 5.82 Å². The minimum Gasteiger partial charge on any atom is -0.298 e. The van der Waals surface area contributed by atoms with Crippen LogP contribution in [0.25, 0.3) is 0 Å². The van der Waals surface area contributed by atoms with Gasteiger partial charge in [0.2, 0.25) is 0 Å². The van der Waals surface area contributed by atoms with Crippen molar-refractivity contribution in [3.05, 3.63) is 70.0 Å². The number of benzene rings is 2. The van der Waals surface area contributed by atoms with Crippen LogP contribution >= 0.6 is 11.6 Å². The van der Waals surface area contributed by atoms with Crippen LogP contribution in [-0.2, 0) is 13.1 Å². The van der Waals surface area contributed by atoms with E-state index in [0.29, 0.717) is 18.7 Å². The molecule has 0 aliphatic rings. The number of rotatable bonds is 4. The van der Waals surface area contributed by atoms with E-state index >= 15 is 0 Å². The first-order valence-electron chi connectivity index (χ1n) is 6.20. The lowest BCUT2D eigenvalue weighted by atomic mass is 10.1. The summed E-state index contributed by atoms with van der Waals surface area (Å²) in [6.45, 7) is 1.31. The van der Waals surface area contributed by atoms with Crippen LogP contribution < -0.4 is 0 Å². The molecule has 0 amide bonds. The third-order valence-electron chi connectivity index (χ3n) is 2.95. The molecule has 0 heterocycles. The molecular weight excluding hydrogens is 275 g/mol. The van der Waals surface area contributed by atoms with Crippen LogP contribution in [-0.4, -0.2) is 11.9 Å². The molecular formula is C16H14ClFN2. The van der Waals surface area contributed by atoms with Crippen molar-refractivity contribution >= 4 is 11.6 Å². The van der Waals surface area contributed by atoms with Gasteiger partial charge in [0.05, 0.1) is 16.7 Å². The second-order valence-electron chi connectivity index (χ2n) is 4.73. The van der Waals surface area contributed by atoms with Crippen LogP contribution in [0.2, 0.25) is 5.02 Å². The van der Waals surface area contributed by atoms with Crippen molar-refractivity contribution in [1.29, 1.82) is 5.26 Å². The predicted octanol–water partition coefficient (Wildman–Crippen LogP) is 3.98. The lowest BCUT2D eigenvalue weighted by Crippen LogP contribution is -2.17. The first-order chi connectivity index (χ1) is 9.58. The molecule has 0 aliphatic carbocycles. The van der Waals surface area contributed by atoms with E-state index in [0.717, 1.165) is 11.1 Å². The third-order valence-corrected chi connectivity index (χ3v) is 3.25. The second-order valence-corrected chi connectivity index (χ2v) is 5.14. The number of hydrogen-bond acceptors (Lipinski definition) is 2. The molecule has 0 saturated heterocycles. The highest BCUT2D eigenvalue weighted by atomic mass is 35.5. The van der Waals surface area contributed by atoms with Crippen molar-refractivity contribution < 1.29 is 4.39 Å². The van der Waals surface area contributed by atoms with Gasteiger partial charge in [-0.15, -0.1) is 0 Å². The van der Waals surface area contributed by atoms with Gasteiger partial charge in [-0.1, -0.05) is 29.8 Å². The fourth-order valence-electron chi connectivity index (χ4n) is 2.06. The molecule has 0 saturated carbocycles. The summed E-state index contributed by atoms with van der Waals surface area (Å²) in [6.07, 6.45) is 0. The van der Waals surface area contributed by atoms with E-state index in [9.17, 15) is 4.39 Å². The molecule has 2 aromatic rings. The van der Waals surface area contributed by atoms with E-state index in [4.69, 9.17) is 16.9 Å². The summed E-state index contributed by atoms with van der Waals surface area (Å²) in [5.74, 6) is -0.399. The number of hydrogen-bond donors (Lipinski definition) is 0. The van der Waals surface area contributed by atoms with E-state index in [-0.39, 0.29) is 5.02 Å². The predicted molar refractivity (Wildman–Crippen MR) is 77.7 cm³/mol. The zero-order valence-corrected chi connectivity index (χ0v) is 11.9. The Balaban J connectivity index is 2.03. The lowest BCUT2D eigenvalue weighted by Gasteiger charge is -2.17. The van der Waals surface area contributed by atoms with Crippen molar-refractivity contribution in [2.75, 3.05) is 7.05 Å². The smallest absolute Gasteiger partial charge is 0.142 e. The minimum atomic E-state index is -0.399. The van der Waals surface area contributed by atoms with E-state index in [1.54, 1.807) is 12.1 Å². The summed E-state index contributed by atoms with van der Waals surface area (Å²) in [6, 6.07) is 14.4. The summed E-state index contributed by atoms with van der Waals surface area (Å²) in [5.41, 5.74) is 2.57. The molecule has 0 spiro atoms. The highest BCUT2D eigenvalue weighted by molar-refractivity contribution is 6.30. The van der Waals surface area contributed by atoms with Crippen molar-refractivity contribution in [2.24, 2.45) is 0 Å². The molecule has 2 aromatic carbocycles. The Morgan fingerprint density at radius 2 is 1.85 bits per heavy atom. The Kier molecular flexibility index (Phi) is 4.73. The summed E-state index contributed by atoms with van der Waals surface area (Å²) in [4.78, 5) is 2.05. The Morgan fingerprint density at radius 1 is 1.15 bits per heavy atom. The third kappa shape index (κ3) is 3.80. The highest BCUT2D eigenvalue weighted by Crippen LogP contribution is 2.17. The molecule has 0 N–H and O–H groups in total. The molecule has 0 unspecified atom stereocenters. The highest BCUT2D eigenvalue weighted by Gasteiger charge is 2.05. The SMILES string of the molecule is CN(Cc1cccc(C#N)c1)Cc1ccc(Cl)c(F)c1. The quantitative estimate of drug-likeness (QED) is 0.851. The summed E-state index contributed by atoms with van der Waals surface area (Å²) < 4.78 is 13.4. The van der Waals surface area contributed by atoms with Gasteiger partial charge in [-0.05, 0) is 42.4 Å². The molecule has 0 atom stereocenters. The van der Waals surface area contributed by atoms with Gasteiger partial charge in [0.25, 0.3) is 0 Å². The summed E-state index contributed by atoms with van der Waals surface area (Å²) in [7, 11) is 1.95. The number of halogens is 2. The normalized spacial score (nSPS) is 10.6. The maximum absolute atomic E-state index is 13.4. The van der Waals surface area contributed by atoms with Gasteiger partial charge in [0.15, 0.2) is 0 Å². The molecule has 0 radical (unpaired) electrons. The maximum Gasteiger partial charge on any atom is 0.142 e. The summed E-state index contributed by atoms with van der Waals surface area (Å²) in [5, 5.41) is 9.01. The largest absolute Gasteiger partial charge is 0.298 e. The van der Waals surface area contributed by atoms with Crippen molar-refractivity contribution in [2.45, 2.75) is 13.1 Å². The Labute approximate surface area is 123 Å². The molecule has 2 nitrogen and oxygen atoms in total. The van der Waals surface area contributed by atoms with Crippen LogP contribution in [0, 0.1) is 17.1 Å². The zero-order valence-electron chi connectivity index (χ0n) is 11.1. The molecule has 20 heavy (non-hydrogen) atoms. The first kappa shape index (κ1) is 14.5. The average molecular weight is 289 g/mol.